The molecular weight excluding hydrogens is 398 g/mol. The minimum atomic E-state index is -0.382. The number of amides is 2. The van der Waals surface area contributed by atoms with Crippen LogP contribution in [0.3, 0.4) is 0 Å². The van der Waals surface area contributed by atoms with E-state index in [1.165, 1.54) is 7.11 Å². The summed E-state index contributed by atoms with van der Waals surface area (Å²) in [6.07, 6.45) is 1.70. The van der Waals surface area contributed by atoms with Crippen molar-refractivity contribution in [3.8, 4) is 11.5 Å². The van der Waals surface area contributed by atoms with Gasteiger partial charge in [0, 0.05) is 5.56 Å². The highest BCUT2D eigenvalue weighted by Gasteiger charge is 2.37. The van der Waals surface area contributed by atoms with Crippen molar-refractivity contribution in [2.24, 2.45) is 0 Å². The molecule has 30 heavy (non-hydrogen) atoms. The molecule has 0 aromatic heterocycles. The Balaban J connectivity index is 1.60. The molecule has 0 unspecified atom stereocenters. The molecule has 3 aromatic rings. The quantitative estimate of drug-likeness (QED) is 0.495. The van der Waals surface area contributed by atoms with E-state index in [4.69, 9.17) is 9.47 Å². The maximum atomic E-state index is 13.0. The number of ether oxygens (including phenoxy) is 2. The largest absolute Gasteiger partial charge is 0.495 e. The van der Waals surface area contributed by atoms with Crippen LogP contribution >= 0.6 is 11.8 Å². The van der Waals surface area contributed by atoms with Crippen LogP contribution in [0.2, 0.25) is 0 Å². The van der Waals surface area contributed by atoms with Crippen molar-refractivity contribution >= 4 is 34.7 Å². The molecule has 0 aliphatic carbocycles. The number of carbonyl (C=O) groups is 2. The third kappa shape index (κ3) is 4.09. The summed E-state index contributed by atoms with van der Waals surface area (Å²) in [6.45, 7) is 0.411. The lowest BCUT2D eigenvalue weighted by molar-refractivity contribution is -0.113. The van der Waals surface area contributed by atoms with Crippen LogP contribution in [0.25, 0.3) is 6.08 Å². The molecule has 0 radical (unpaired) electrons. The number of methoxy groups -OCH3 is 1. The predicted octanol–water partition coefficient (Wildman–Crippen LogP) is 5.52. The molecule has 1 aliphatic rings. The summed E-state index contributed by atoms with van der Waals surface area (Å²) in [7, 11) is 1.51. The molecular formula is C24H19NO4S. The molecule has 1 heterocycles. The first-order valence-electron chi connectivity index (χ1n) is 9.34. The summed E-state index contributed by atoms with van der Waals surface area (Å²) in [6, 6.07) is 24.2. The second-order valence-electron chi connectivity index (χ2n) is 6.50. The van der Waals surface area contributed by atoms with Crippen LogP contribution in [0.15, 0.2) is 83.8 Å². The number of hydrogen-bond donors (Lipinski definition) is 0. The zero-order valence-electron chi connectivity index (χ0n) is 16.3. The van der Waals surface area contributed by atoms with Crippen LogP contribution in [0.4, 0.5) is 10.5 Å². The van der Waals surface area contributed by atoms with Gasteiger partial charge in [0.15, 0.2) is 0 Å². The fourth-order valence-electron chi connectivity index (χ4n) is 3.10. The zero-order valence-corrected chi connectivity index (χ0v) is 17.1. The summed E-state index contributed by atoms with van der Waals surface area (Å²) in [5.41, 5.74) is 2.21. The van der Waals surface area contributed by atoms with E-state index in [-0.39, 0.29) is 11.1 Å². The van der Waals surface area contributed by atoms with E-state index in [0.717, 1.165) is 27.8 Å². The summed E-state index contributed by atoms with van der Waals surface area (Å²) in [5, 5.41) is -0.363. The first-order valence-corrected chi connectivity index (χ1v) is 10.2. The topological polar surface area (TPSA) is 55.8 Å². The van der Waals surface area contributed by atoms with Gasteiger partial charge in [-0.25, -0.2) is 4.90 Å². The van der Waals surface area contributed by atoms with Crippen LogP contribution in [-0.2, 0) is 11.4 Å². The Morgan fingerprint density at radius 1 is 0.867 bits per heavy atom. The Morgan fingerprint density at radius 3 is 2.30 bits per heavy atom. The van der Waals surface area contributed by atoms with Crippen molar-refractivity contribution in [1.29, 1.82) is 0 Å². The lowest BCUT2D eigenvalue weighted by atomic mass is 10.1. The Labute approximate surface area is 178 Å². The van der Waals surface area contributed by atoms with Crippen molar-refractivity contribution in [1.82, 2.24) is 0 Å². The first-order chi connectivity index (χ1) is 14.7. The van der Waals surface area contributed by atoms with Crippen LogP contribution in [-0.4, -0.2) is 18.3 Å². The molecule has 1 fully saturated rings. The summed E-state index contributed by atoms with van der Waals surface area (Å²) in [4.78, 5) is 27.1. The molecule has 0 bridgehead atoms. The molecule has 150 valence electrons. The second kappa shape index (κ2) is 8.88. The number of imide groups is 1. The van der Waals surface area contributed by atoms with E-state index in [9.17, 15) is 9.59 Å². The predicted molar refractivity (Wildman–Crippen MR) is 119 cm³/mol. The minimum absolute atomic E-state index is 0.335. The summed E-state index contributed by atoms with van der Waals surface area (Å²) in [5.74, 6) is 0.727. The Hall–Kier alpha value is -3.51. The fourth-order valence-corrected chi connectivity index (χ4v) is 3.92. The lowest BCUT2D eigenvalue weighted by Crippen LogP contribution is -2.28. The normalized spacial score (nSPS) is 15.0. The Bertz CT molecular complexity index is 1110. The van der Waals surface area contributed by atoms with E-state index >= 15 is 0 Å². The number of benzene rings is 3. The van der Waals surface area contributed by atoms with E-state index < -0.39 is 0 Å². The van der Waals surface area contributed by atoms with Crippen molar-refractivity contribution < 1.29 is 19.1 Å². The zero-order chi connectivity index (χ0) is 20.9. The van der Waals surface area contributed by atoms with Crippen LogP contribution < -0.4 is 14.4 Å². The molecule has 0 spiro atoms. The number of nitrogens with zero attached hydrogens (tertiary/aromatic N) is 1. The van der Waals surface area contributed by atoms with Crippen molar-refractivity contribution in [3.05, 3.63) is 94.9 Å². The van der Waals surface area contributed by atoms with Gasteiger partial charge in [-0.3, -0.25) is 9.59 Å². The van der Waals surface area contributed by atoms with Gasteiger partial charge in [-0.05, 0) is 41.6 Å². The molecule has 0 N–H and O–H groups in total. The van der Waals surface area contributed by atoms with Crippen LogP contribution in [0, 0.1) is 0 Å². The lowest BCUT2D eigenvalue weighted by Gasteiger charge is -2.15. The van der Waals surface area contributed by atoms with Gasteiger partial charge >= 0.3 is 0 Å². The smallest absolute Gasteiger partial charge is 0.298 e. The van der Waals surface area contributed by atoms with Crippen LogP contribution in [0.5, 0.6) is 11.5 Å². The van der Waals surface area contributed by atoms with E-state index in [1.54, 1.807) is 30.3 Å². The summed E-state index contributed by atoms with van der Waals surface area (Å²) >= 11 is 0.901. The highest BCUT2D eigenvalue weighted by Crippen LogP contribution is 2.40. The van der Waals surface area contributed by atoms with Crippen LogP contribution in [0.1, 0.15) is 11.1 Å². The summed E-state index contributed by atoms with van der Waals surface area (Å²) < 4.78 is 11.3. The highest BCUT2D eigenvalue weighted by molar-refractivity contribution is 8.19. The van der Waals surface area contributed by atoms with Gasteiger partial charge in [0.1, 0.15) is 18.1 Å². The van der Waals surface area contributed by atoms with Gasteiger partial charge in [0.05, 0.1) is 17.7 Å². The number of anilines is 1. The average molecular weight is 417 g/mol. The monoisotopic (exact) mass is 417 g/mol. The maximum absolute atomic E-state index is 13.0. The van der Waals surface area contributed by atoms with Gasteiger partial charge in [0.2, 0.25) is 0 Å². The van der Waals surface area contributed by atoms with Gasteiger partial charge in [-0.1, -0.05) is 60.7 Å². The molecule has 4 rings (SSSR count). The van der Waals surface area contributed by atoms with Crippen molar-refractivity contribution in [3.63, 3.8) is 0 Å². The first kappa shape index (κ1) is 19.8. The van der Waals surface area contributed by atoms with Crippen molar-refractivity contribution in [2.75, 3.05) is 12.0 Å². The molecule has 1 saturated heterocycles. The average Bonchev–Trinajstić information content (AvgIpc) is 3.06. The van der Waals surface area contributed by atoms with Gasteiger partial charge in [-0.2, -0.15) is 0 Å². The van der Waals surface area contributed by atoms with E-state index in [0.29, 0.717) is 28.7 Å². The number of hydrogen-bond acceptors (Lipinski definition) is 5. The Kier molecular flexibility index (Phi) is 5.86. The fraction of sp³-hybridized carbons (Fsp3) is 0.0833. The van der Waals surface area contributed by atoms with Gasteiger partial charge in [-0.15, -0.1) is 0 Å². The number of carbonyl (C=O) groups excluding carboxylic acids is 2. The molecule has 1 aliphatic heterocycles. The molecule has 0 saturated carbocycles. The minimum Gasteiger partial charge on any atom is -0.495 e. The molecule has 5 nitrogen and oxygen atoms in total. The standard InChI is InChI=1S/C24H19NO4S/c1-28-21-14-8-6-12-19(21)25-23(26)22(30-24(25)27)15-18-11-5-7-13-20(18)29-16-17-9-3-2-4-10-17/h2-15H,16H2,1H3/b22-15-. The third-order valence-corrected chi connectivity index (χ3v) is 5.43. The Morgan fingerprint density at radius 2 is 1.53 bits per heavy atom. The van der Waals surface area contributed by atoms with E-state index in [1.807, 2.05) is 54.6 Å². The number of thioether (sulfide) groups is 1. The highest BCUT2D eigenvalue weighted by atomic mass is 32.2. The van der Waals surface area contributed by atoms with Gasteiger partial charge in [0.25, 0.3) is 11.1 Å². The molecule has 2 amide bonds. The molecule has 6 heteroatoms. The molecule has 3 aromatic carbocycles. The number of para-hydroxylation sites is 3. The SMILES string of the molecule is COc1ccccc1N1C(=O)S/C(=C\c2ccccc2OCc2ccccc2)C1=O. The maximum Gasteiger partial charge on any atom is 0.298 e. The second-order valence-corrected chi connectivity index (χ2v) is 7.49. The van der Waals surface area contributed by atoms with Gasteiger partial charge < -0.3 is 9.47 Å². The molecule has 0 atom stereocenters. The van der Waals surface area contributed by atoms with E-state index in [2.05, 4.69) is 0 Å². The third-order valence-electron chi connectivity index (χ3n) is 4.56. The number of rotatable bonds is 6. The van der Waals surface area contributed by atoms with Crippen molar-refractivity contribution in [2.45, 2.75) is 6.61 Å².